The molecule has 18 heavy (non-hydrogen) atoms. The fourth-order valence-corrected chi connectivity index (χ4v) is 2.91. The third-order valence-corrected chi connectivity index (χ3v) is 4.35. The second kappa shape index (κ2) is 6.70. The van der Waals surface area contributed by atoms with Gasteiger partial charge < -0.3 is 4.74 Å². The molecule has 0 atom stereocenters. The first-order chi connectivity index (χ1) is 8.85. The van der Waals surface area contributed by atoms with Gasteiger partial charge in [-0.25, -0.2) is 0 Å². The zero-order chi connectivity index (χ0) is 12.8. The van der Waals surface area contributed by atoms with E-state index in [-0.39, 0.29) is 0 Å². The number of hydrogen-bond donors (Lipinski definition) is 0. The summed E-state index contributed by atoms with van der Waals surface area (Å²) < 4.78 is 5.79. The van der Waals surface area contributed by atoms with Gasteiger partial charge in [0.2, 0.25) is 0 Å². The van der Waals surface area contributed by atoms with Crippen LogP contribution in [0.5, 0.6) is 5.75 Å². The molecule has 3 heteroatoms. The molecule has 1 aliphatic rings. The van der Waals surface area contributed by atoms with Crippen molar-refractivity contribution in [3.05, 3.63) is 23.8 Å². The van der Waals surface area contributed by atoms with Crippen LogP contribution in [0.2, 0.25) is 0 Å². The number of benzene rings is 1. The van der Waals surface area contributed by atoms with Gasteiger partial charge in [-0.1, -0.05) is 32.3 Å². The first kappa shape index (κ1) is 13.3. The molecule has 0 heterocycles. The average molecular weight is 261 g/mol. The summed E-state index contributed by atoms with van der Waals surface area (Å²) in [4.78, 5) is 1.03. The molecule has 0 aliphatic heterocycles. The second-order valence-corrected chi connectivity index (χ2v) is 5.91. The van der Waals surface area contributed by atoms with Gasteiger partial charge in [0.1, 0.15) is 17.4 Å². The molecule has 0 amide bonds. The van der Waals surface area contributed by atoms with Crippen LogP contribution >= 0.6 is 11.8 Å². The Morgan fingerprint density at radius 3 is 2.89 bits per heavy atom. The fourth-order valence-electron chi connectivity index (χ4n) is 2.13. The van der Waals surface area contributed by atoms with Crippen molar-refractivity contribution in [1.82, 2.24) is 0 Å². The van der Waals surface area contributed by atoms with E-state index in [4.69, 9.17) is 4.74 Å². The maximum atomic E-state index is 9.25. The summed E-state index contributed by atoms with van der Waals surface area (Å²) in [7, 11) is 0. The lowest BCUT2D eigenvalue weighted by Gasteiger charge is -2.25. The topological polar surface area (TPSA) is 33.0 Å². The summed E-state index contributed by atoms with van der Waals surface area (Å²) in [5.74, 6) is 2.57. The van der Waals surface area contributed by atoms with E-state index in [1.54, 1.807) is 11.8 Å². The molecule has 0 aromatic heterocycles. The van der Waals surface area contributed by atoms with Crippen molar-refractivity contribution in [2.75, 3.05) is 12.4 Å². The van der Waals surface area contributed by atoms with Crippen LogP contribution in [-0.2, 0) is 0 Å². The van der Waals surface area contributed by atoms with Crippen molar-refractivity contribution in [2.24, 2.45) is 5.92 Å². The molecule has 1 aromatic rings. The Labute approximate surface area is 113 Å². The van der Waals surface area contributed by atoms with Gasteiger partial charge in [-0.15, -0.1) is 11.8 Å². The Balaban J connectivity index is 1.97. The van der Waals surface area contributed by atoms with Crippen LogP contribution < -0.4 is 4.74 Å². The largest absolute Gasteiger partial charge is 0.492 e. The van der Waals surface area contributed by atoms with Crippen molar-refractivity contribution in [1.29, 1.82) is 5.26 Å². The number of thioether (sulfide) groups is 1. The molecule has 0 radical (unpaired) electrons. The van der Waals surface area contributed by atoms with Crippen LogP contribution in [0.15, 0.2) is 23.1 Å². The Morgan fingerprint density at radius 1 is 1.44 bits per heavy atom. The molecule has 96 valence electrons. The molecule has 0 spiro atoms. The molecule has 1 saturated carbocycles. The number of rotatable bonds is 6. The van der Waals surface area contributed by atoms with E-state index in [0.717, 1.165) is 35.3 Å². The summed E-state index contributed by atoms with van der Waals surface area (Å²) in [6.07, 6.45) is 5.19. The maximum Gasteiger partial charge on any atom is 0.138 e. The molecule has 0 bridgehead atoms. The highest BCUT2D eigenvalue weighted by molar-refractivity contribution is 7.99. The Hall–Kier alpha value is -1.14. The molecular formula is C15H19NOS. The molecule has 1 aromatic carbocycles. The van der Waals surface area contributed by atoms with Crippen molar-refractivity contribution >= 4 is 11.8 Å². The summed E-state index contributed by atoms with van der Waals surface area (Å²) in [6.45, 7) is 2.83. The van der Waals surface area contributed by atoms with Crippen molar-refractivity contribution in [3.8, 4) is 11.8 Å². The molecule has 0 unspecified atom stereocenters. The van der Waals surface area contributed by atoms with E-state index in [2.05, 4.69) is 13.0 Å². The van der Waals surface area contributed by atoms with Gasteiger partial charge in [0.05, 0.1) is 6.61 Å². The molecule has 2 nitrogen and oxygen atoms in total. The molecule has 1 aliphatic carbocycles. The number of hydrogen-bond acceptors (Lipinski definition) is 3. The van der Waals surface area contributed by atoms with Crippen LogP contribution in [0.25, 0.3) is 0 Å². The number of ether oxygens (including phenoxy) is 1. The van der Waals surface area contributed by atoms with Crippen LogP contribution in [-0.4, -0.2) is 12.4 Å². The second-order valence-electron chi connectivity index (χ2n) is 4.61. The molecule has 1 fully saturated rings. The fraction of sp³-hybridized carbons (Fsp3) is 0.533. The van der Waals surface area contributed by atoms with Gasteiger partial charge in [0, 0.05) is 4.90 Å². The van der Waals surface area contributed by atoms with Crippen molar-refractivity contribution in [3.63, 3.8) is 0 Å². The lowest BCUT2D eigenvalue weighted by molar-refractivity contribution is 0.221. The highest BCUT2D eigenvalue weighted by atomic mass is 32.2. The summed E-state index contributed by atoms with van der Waals surface area (Å²) in [6, 6.07) is 8.13. The zero-order valence-electron chi connectivity index (χ0n) is 10.8. The van der Waals surface area contributed by atoms with Crippen LogP contribution in [0.1, 0.15) is 38.2 Å². The van der Waals surface area contributed by atoms with E-state index < -0.39 is 0 Å². The minimum absolute atomic E-state index is 0.693. The summed E-state index contributed by atoms with van der Waals surface area (Å²) in [5.41, 5.74) is 0.693. The van der Waals surface area contributed by atoms with Crippen molar-refractivity contribution < 1.29 is 4.74 Å². The summed E-state index contributed by atoms with van der Waals surface area (Å²) >= 11 is 1.69. The van der Waals surface area contributed by atoms with Gasteiger partial charge in [0.15, 0.2) is 0 Å². The SMILES string of the molecule is CCSc1cccc(OCCC2CCC2)c1C#N. The van der Waals surface area contributed by atoms with E-state index in [9.17, 15) is 5.26 Å². The van der Waals surface area contributed by atoms with E-state index in [1.807, 2.05) is 18.2 Å². The third-order valence-electron chi connectivity index (χ3n) is 3.41. The van der Waals surface area contributed by atoms with Crippen LogP contribution in [0.3, 0.4) is 0 Å². The summed E-state index contributed by atoms with van der Waals surface area (Å²) in [5, 5.41) is 9.25. The van der Waals surface area contributed by atoms with Gasteiger partial charge >= 0.3 is 0 Å². The Bertz CT molecular complexity index is 435. The number of nitriles is 1. The third kappa shape index (κ3) is 3.20. The predicted octanol–water partition coefficient (Wildman–Crippen LogP) is 4.24. The quantitative estimate of drug-likeness (QED) is 0.718. The van der Waals surface area contributed by atoms with Gasteiger partial charge in [-0.2, -0.15) is 5.26 Å². The Morgan fingerprint density at radius 2 is 2.28 bits per heavy atom. The van der Waals surface area contributed by atoms with E-state index >= 15 is 0 Å². The minimum Gasteiger partial charge on any atom is -0.492 e. The predicted molar refractivity (Wildman–Crippen MR) is 75.0 cm³/mol. The van der Waals surface area contributed by atoms with Crippen LogP contribution in [0, 0.1) is 17.2 Å². The minimum atomic E-state index is 0.693. The standard InChI is InChI=1S/C15H19NOS/c1-2-18-15-8-4-7-14(13(15)11-16)17-10-9-12-5-3-6-12/h4,7-8,12H,2-3,5-6,9-10H2,1H3. The highest BCUT2D eigenvalue weighted by Gasteiger charge is 2.17. The normalized spacial score (nSPS) is 14.9. The Kier molecular flexibility index (Phi) is 4.95. The first-order valence-corrected chi connectivity index (χ1v) is 7.62. The van der Waals surface area contributed by atoms with E-state index in [1.165, 1.54) is 19.3 Å². The van der Waals surface area contributed by atoms with E-state index in [0.29, 0.717) is 5.56 Å². The monoisotopic (exact) mass is 261 g/mol. The van der Waals surface area contributed by atoms with Gasteiger partial charge in [-0.05, 0) is 30.2 Å². The zero-order valence-corrected chi connectivity index (χ0v) is 11.6. The number of nitrogens with zero attached hydrogens (tertiary/aromatic N) is 1. The van der Waals surface area contributed by atoms with Crippen LogP contribution in [0.4, 0.5) is 0 Å². The van der Waals surface area contributed by atoms with Gasteiger partial charge in [0.25, 0.3) is 0 Å². The highest BCUT2D eigenvalue weighted by Crippen LogP contribution is 2.31. The molecule has 0 saturated heterocycles. The van der Waals surface area contributed by atoms with Gasteiger partial charge in [-0.3, -0.25) is 0 Å². The lowest BCUT2D eigenvalue weighted by Crippen LogP contribution is -2.14. The average Bonchev–Trinajstić information content (AvgIpc) is 2.33. The smallest absolute Gasteiger partial charge is 0.138 e. The maximum absolute atomic E-state index is 9.25. The first-order valence-electron chi connectivity index (χ1n) is 6.64. The van der Waals surface area contributed by atoms with Crippen molar-refractivity contribution in [2.45, 2.75) is 37.5 Å². The molecular weight excluding hydrogens is 242 g/mol. The molecule has 2 rings (SSSR count). The molecule has 0 N–H and O–H groups in total. The lowest BCUT2D eigenvalue weighted by atomic mass is 9.83.